The fourth-order valence-electron chi connectivity index (χ4n) is 3.62. The maximum absolute atomic E-state index is 11.0. The average Bonchev–Trinajstić information content (AvgIpc) is 2.74. The maximum atomic E-state index is 11.0. The van der Waals surface area contributed by atoms with Crippen LogP contribution in [0.15, 0.2) is 103 Å². The van der Waals surface area contributed by atoms with E-state index < -0.39 is 7.26 Å². The lowest BCUT2D eigenvalue weighted by Crippen LogP contribution is -3.00. The van der Waals surface area contributed by atoms with Crippen LogP contribution in [0.2, 0.25) is 0 Å². The fraction of sp³-hybridized carbons (Fsp3) is 0.200. The Morgan fingerprint density at radius 3 is 1.46 bits per heavy atom. The molecule has 3 rings (SSSR count). The lowest BCUT2D eigenvalue weighted by Gasteiger charge is -2.29. The standard InChI is InChI=1S/C25H28OP.BrH/c1-2-3-7-14-22(26)21-27(23-15-8-4-9-16-23,24-17-10-5-11-18-24)25-19-12-6-13-20-25;/h3-13,15-20,22,26H,2,14,21H2,1H3;1H/q+1;/p-1/b7-3+;. The highest BCUT2D eigenvalue weighted by atomic mass is 79.9. The molecule has 1 N–H and O–H groups in total. The van der Waals surface area contributed by atoms with Gasteiger partial charge in [-0.3, -0.25) is 0 Å². The fourth-order valence-corrected chi connectivity index (χ4v) is 7.97. The van der Waals surface area contributed by atoms with Crippen molar-refractivity contribution in [3.05, 3.63) is 103 Å². The molecule has 0 saturated heterocycles. The number of hydrogen-bond donors (Lipinski definition) is 1. The lowest BCUT2D eigenvalue weighted by atomic mass is 10.2. The molecule has 3 aromatic rings. The molecule has 1 unspecified atom stereocenters. The number of halogens is 1. The first-order valence-electron chi connectivity index (χ1n) is 9.65. The van der Waals surface area contributed by atoms with Crippen LogP contribution in [0, 0.1) is 0 Å². The van der Waals surface area contributed by atoms with Crippen molar-refractivity contribution in [2.24, 2.45) is 0 Å². The van der Waals surface area contributed by atoms with Crippen LogP contribution in [-0.2, 0) is 0 Å². The summed E-state index contributed by atoms with van der Waals surface area (Å²) < 4.78 is 0. The Bertz CT molecular complexity index is 738. The average molecular weight is 455 g/mol. The van der Waals surface area contributed by atoms with Crippen molar-refractivity contribution in [2.45, 2.75) is 25.9 Å². The van der Waals surface area contributed by atoms with Gasteiger partial charge in [0.15, 0.2) is 0 Å². The van der Waals surface area contributed by atoms with Gasteiger partial charge >= 0.3 is 0 Å². The Balaban J connectivity index is 0.00000280. The molecule has 0 amide bonds. The molecule has 1 atom stereocenters. The van der Waals surface area contributed by atoms with Gasteiger partial charge in [0.1, 0.15) is 23.2 Å². The van der Waals surface area contributed by atoms with Gasteiger partial charge < -0.3 is 22.1 Å². The van der Waals surface area contributed by atoms with Gasteiger partial charge in [-0.15, -0.1) is 0 Å². The number of benzene rings is 3. The van der Waals surface area contributed by atoms with Crippen molar-refractivity contribution in [3.63, 3.8) is 0 Å². The van der Waals surface area contributed by atoms with E-state index in [1.807, 2.05) is 0 Å². The van der Waals surface area contributed by atoms with Gasteiger partial charge in [0.05, 0.1) is 12.3 Å². The smallest absolute Gasteiger partial charge is 0.114 e. The van der Waals surface area contributed by atoms with Crippen LogP contribution in [0.5, 0.6) is 0 Å². The van der Waals surface area contributed by atoms with E-state index in [9.17, 15) is 5.11 Å². The van der Waals surface area contributed by atoms with Gasteiger partial charge in [-0.1, -0.05) is 73.7 Å². The summed E-state index contributed by atoms with van der Waals surface area (Å²) in [6, 6.07) is 32.2. The quantitative estimate of drug-likeness (QED) is 0.405. The number of allylic oxidation sites excluding steroid dienone is 1. The van der Waals surface area contributed by atoms with Gasteiger partial charge in [-0.25, -0.2) is 0 Å². The topological polar surface area (TPSA) is 20.2 Å². The number of aliphatic hydroxyl groups excluding tert-OH is 1. The van der Waals surface area contributed by atoms with Crippen molar-refractivity contribution in [2.75, 3.05) is 6.16 Å². The van der Waals surface area contributed by atoms with Gasteiger partial charge in [-0.05, 0) is 49.2 Å². The van der Waals surface area contributed by atoms with Crippen molar-refractivity contribution in [1.29, 1.82) is 0 Å². The summed E-state index contributed by atoms with van der Waals surface area (Å²) in [6.45, 7) is 2.12. The SMILES string of the molecule is CC/C=C/CC(O)C[P+](c1ccccc1)(c1ccccc1)c1ccccc1.[Br-]. The Hall–Kier alpha value is -1.73. The first-order chi connectivity index (χ1) is 13.3. The Labute approximate surface area is 180 Å². The molecule has 3 heteroatoms. The molecule has 146 valence electrons. The van der Waals surface area contributed by atoms with E-state index in [-0.39, 0.29) is 23.1 Å². The highest BCUT2D eigenvalue weighted by Crippen LogP contribution is 2.55. The molecule has 0 radical (unpaired) electrons. The van der Waals surface area contributed by atoms with Gasteiger partial charge in [0.25, 0.3) is 0 Å². The normalized spacial score (nSPS) is 12.5. The van der Waals surface area contributed by atoms with E-state index in [0.717, 1.165) is 12.6 Å². The summed E-state index contributed by atoms with van der Waals surface area (Å²) >= 11 is 0. The van der Waals surface area contributed by atoms with Crippen LogP contribution in [-0.4, -0.2) is 17.4 Å². The molecule has 0 aliphatic heterocycles. The second kappa shape index (κ2) is 11.3. The molecule has 28 heavy (non-hydrogen) atoms. The third-order valence-corrected chi connectivity index (χ3v) is 9.39. The molecular formula is C25H28BrOP. The number of hydrogen-bond acceptors (Lipinski definition) is 1. The third-order valence-electron chi connectivity index (χ3n) is 4.89. The maximum Gasteiger partial charge on any atom is 0.114 e. The second-order valence-corrected chi connectivity index (χ2v) is 10.3. The van der Waals surface area contributed by atoms with Crippen LogP contribution >= 0.6 is 7.26 Å². The van der Waals surface area contributed by atoms with Crippen molar-refractivity contribution in [1.82, 2.24) is 0 Å². The molecule has 0 aliphatic carbocycles. The summed E-state index contributed by atoms with van der Waals surface area (Å²) in [7, 11) is -1.94. The van der Waals surface area contributed by atoms with Crippen molar-refractivity contribution in [3.8, 4) is 0 Å². The lowest BCUT2D eigenvalue weighted by molar-refractivity contribution is -0.00000749. The molecule has 0 aliphatic rings. The van der Waals surface area contributed by atoms with Gasteiger partial charge in [-0.2, -0.15) is 0 Å². The minimum absolute atomic E-state index is 0. The molecule has 0 aromatic heterocycles. The predicted molar refractivity (Wildman–Crippen MR) is 120 cm³/mol. The molecule has 3 aromatic carbocycles. The van der Waals surface area contributed by atoms with Crippen molar-refractivity contribution < 1.29 is 22.1 Å². The first kappa shape index (κ1) is 22.6. The molecule has 0 fully saturated rings. The van der Waals surface area contributed by atoms with Crippen LogP contribution in [0.3, 0.4) is 0 Å². The van der Waals surface area contributed by atoms with E-state index in [0.29, 0.717) is 6.42 Å². The van der Waals surface area contributed by atoms with Crippen LogP contribution in [0.1, 0.15) is 19.8 Å². The zero-order valence-corrected chi connectivity index (χ0v) is 18.8. The summed E-state index contributed by atoms with van der Waals surface area (Å²) in [5, 5.41) is 14.9. The third kappa shape index (κ3) is 5.20. The highest BCUT2D eigenvalue weighted by Gasteiger charge is 2.46. The number of rotatable bonds is 8. The van der Waals surface area contributed by atoms with E-state index in [1.54, 1.807) is 0 Å². The van der Waals surface area contributed by atoms with E-state index in [4.69, 9.17) is 0 Å². The van der Waals surface area contributed by atoms with Crippen LogP contribution < -0.4 is 32.9 Å². The highest BCUT2D eigenvalue weighted by molar-refractivity contribution is 7.95. The molecule has 0 heterocycles. The van der Waals surface area contributed by atoms with Crippen molar-refractivity contribution >= 4 is 23.2 Å². The monoisotopic (exact) mass is 454 g/mol. The molecular weight excluding hydrogens is 427 g/mol. The van der Waals surface area contributed by atoms with E-state index >= 15 is 0 Å². The van der Waals surface area contributed by atoms with Crippen LogP contribution in [0.4, 0.5) is 0 Å². The second-order valence-electron chi connectivity index (χ2n) is 6.77. The van der Waals surface area contributed by atoms with Crippen LogP contribution in [0.25, 0.3) is 0 Å². The summed E-state index contributed by atoms with van der Waals surface area (Å²) in [5.74, 6) is 0. The predicted octanol–water partition coefficient (Wildman–Crippen LogP) is 1.70. The Morgan fingerprint density at radius 1 is 0.714 bits per heavy atom. The largest absolute Gasteiger partial charge is 1.00 e. The van der Waals surface area contributed by atoms with Gasteiger partial charge in [0, 0.05) is 0 Å². The Kier molecular flexibility index (Phi) is 9.12. The minimum Gasteiger partial charge on any atom is -1.00 e. The first-order valence-corrected chi connectivity index (χ1v) is 11.6. The summed E-state index contributed by atoms with van der Waals surface area (Å²) in [5.41, 5.74) is 0. The van der Waals surface area contributed by atoms with E-state index in [2.05, 4.69) is 110 Å². The Morgan fingerprint density at radius 2 is 1.11 bits per heavy atom. The zero-order chi connectivity index (χ0) is 19.0. The molecule has 0 spiro atoms. The molecule has 0 saturated carbocycles. The van der Waals surface area contributed by atoms with E-state index in [1.165, 1.54) is 15.9 Å². The zero-order valence-electron chi connectivity index (χ0n) is 16.3. The molecule has 0 bridgehead atoms. The molecule has 1 nitrogen and oxygen atoms in total. The summed E-state index contributed by atoms with van der Waals surface area (Å²) in [6.07, 6.45) is 6.32. The number of aliphatic hydroxyl groups is 1. The summed E-state index contributed by atoms with van der Waals surface area (Å²) in [4.78, 5) is 0. The minimum atomic E-state index is -1.94. The van der Waals surface area contributed by atoms with Gasteiger partial charge in [0.2, 0.25) is 0 Å².